The molecule has 0 aromatic rings. The zero-order chi connectivity index (χ0) is 9.52. The van der Waals surface area contributed by atoms with E-state index >= 15 is 0 Å². The first-order valence-electron chi connectivity index (χ1n) is 4.98. The van der Waals surface area contributed by atoms with Gasteiger partial charge >= 0.3 is 0 Å². The fourth-order valence-electron chi connectivity index (χ4n) is 1.85. The van der Waals surface area contributed by atoms with Gasteiger partial charge in [-0.3, -0.25) is 0 Å². The first kappa shape index (κ1) is 11.4. The van der Waals surface area contributed by atoms with Gasteiger partial charge in [-0.2, -0.15) is 0 Å². The molecule has 0 heterocycles. The highest BCUT2D eigenvalue weighted by Crippen LogP contribution is 2.26. The molecule has 76 valence electrons. The van der Waals surface area contributed by atoms with Crippen LogP contribution < -0.4 is 5.32 Å². The van der Waals surface area contributed by atoms with Crippen LogP contribution in [0.1, 0.15) is 32.1 Å². The third kappa shape index (κ3) is 4.90. The van der Waals surface area contributed by atoms with Gasteiger partial charge in [0, 0.05) is 17.1 Å². The van der Waals surface area contributed by atoms with Crippen LogP contribution in [0.5, 0.6) is 0 Å². The number of hydrogen-bond acceptors (Lipinski definition) is 1. The number of halogens is 2. The maximum Gasteiger partial charge on any atom is 0.0431 e. The molecule has 0 aromatic heterocycles. The average molecular weight is 222 g/mol. The molecule has 1 fully saturated rings. The van der Waals surface area contributed by atoms with Crippen LogP contribution in [0.3, 0.4) is 0 Å². The molecule has 0 saturated heterocycles. The lowest BCUT2D eigenvalue weighted by Gasteiger charge is -2.08. The van der Waals surface area contributed by atoms with Gasteiger partial charge in [-0.25, -0.2) is 0 Å². The van der Waals surface area contributed by atoms with Gasteiger partial charge < -0.3 is 5.32 Å². The topological polar surface area (TPSA) is 12.0 Å². The lowest BCUT2D eigenvalue weighted by molar-refractivity contribution is 0.485. The predicted molar refractivity (Wildman–Crippen MR) is 59.2 cm³/mol. The molecule has 1 saturated carbocycles. The van der Waals surface area contributed by atoms with Crippen LogP contribution in [0.15, 0.2) is 10.6 Å². The largest absolute Gasteiger partial charge is 0.312 e. The number of hydrogen-bond donors (Lipinski definition) is 1. The minimum atomic E-state index is 0.688. The fraction of sp³-hybridized carbons (Fsp3) is 0.800. The monoisotopic (exact) mass is 221 g/mol. The van der Waals surface area contributed by atoms with Crippen molar-refractivity contribution in [3.8, 4) is 0 Å². The van der Waals surface area contributed by atoms with Crippen LogP contribution in [-0.4, -0.2) is 13.1 Å². The summed E-state index contributed by atoms with van der Waals surface area (Å²) >= 11 is 11.2. The van der Waals surface area contributed by atoms with Crippen molar-refractivity contribution in [3.63, 3.8) is 0 Å². The summed E-state index contributed by atoms with van der Waals surface area (Å²) in [6.07, 6.45) is 6.97. The van der Waals surface area contributed by atoms with E-state index in [0.717, 1.165) is 12.5 Å². The molecular formula is C10H17Cl2N. The molecule has 0 atom stereocenters. The third-order valence-corrected chi connectivity index (χ3v) is 3.23. The van der Waals surface area contributed by atoms with Crippen LogP contribution in [-0.2, 0) is 0 Å². The Morgan fingerprint density at radius 2 is 2.08 bits per heavy atom. The van der Waals surface area contributed by atoms with E-state index in [4.69, 9.17) is 23.2 Å². The van der Waals surface area contributed by atoms with Crippen LogP contribution in [0.2, 0.25) is 0 Å². The minimum Gasteiger partial charge on any atom is -0.312 e. The van der Waals surface area contributed by atoms with Gasteiger partial charge in [0.2, 0.25) is 0 Å². The second-order valence-corrected chi connectivity index (χ2v) is 4.38. The molecule has 1 nitrogen and oxygen atoms in total. The van der Waals surface area contributed by atoms with Crippen LogP contribution in [0.4, 0.5) is 0 Å². The highest BCUT2D eigenvalue weighted by molar-refractivity contribution is 6.36. The molecule has 1 aliphatic rings. The summed E-state index contributed by atoms with van der Waals surface area (Å²) in [5, 5.41) is 3.97. The summed E-state index contributed by atoms with van der Waals surface area (Å²) in [4.78, 5) is 0. The molecule has 1 N–H and O–H groups in total. The van der Waals surface area contributed by atoms with E-state index in [9.17, 15) is 0 Å². The summed E-state index contributed by atoms with van der Waals surface area (Å²) in [7, 11) is 0. The van der Waals surface area contributed by atoms with Crippen molar-refractivity contribution in [2.45, 2.75) is 32.1 Å². The summed E-state index contributed by atoms with van der Waals surface area (Å²) in [6.45, 7) is 1.77. The third-order valence-electron chi connectivity index (χ3n) is 2.62. The van der Waals surface area contributed by atoms with Gasteiger partial charge in [-0.15, -0.1) is 0 Å². The Hall–Kier alpha value is 0.280. The van der Waals surface area contributed by atoms with Gasteiger partial charge in [0.25, 0.3) is 0 Å². The quantitative estimate of drug-likeness (QED) is 0.702. The molecule has 0 bridgehead atoms. The average Bonchev–Trinajstić information content (AvgIpc) is 2.64. The Morgan fingerprint density at radius 1 is 1.38 bits per heavy atom. The van der Waals surface area contributed by atoms with Crippen molar-refractivity contribution < 1.29 is 0 Å². The van der Waals surface area contributed by atoms with Crippen molar-refractivity contribution in [1.29, 1.82) is 0 Å². The Labute approximate surface area is 90.5 Å². The summed E-state index contributed by atoms with van der Waals surface area (Å²) < 4.78 is 0. The Balaban J connectivity index is 1.94. The Morgan fingerprint density at radius 3 is 2.69 bits per heavy atom. The van der Waals surface area contributed by atoms with Crippen LogP contribution in [0.25, 0.3) is 0 Å². The molecule has 1 rings (SSSR count). The first-order valence-corrected chi connectivity index (χ1v) is 5.80. The van der Waals surface area contributed by atoms with Gasteiger partial charge in [0.1, 0.15) is 0 Å². The van der Waals surface area contributed by atoms with E-state index in [1.165, 1.54) is 37.6 Å². The second kappa shape index (κ2) is 6.69. The van der Waals surface area contributed by atoms with Crippen molar-refractivity contribution in [1.82, 2.24) is 5.32 Å². The number of nitrogens with one attached hydrogen (secondary N) is 1. The first-order chi connectivity index (χ1) is 6.33. The summed E-state index contributed by atoms with van der Waals surface area (Å²) in [5.41, 5.74) is 1.42. The molecule has 0 radical (unpaired) electrons. The van der Waals surface area contributed by atoms with E-state index in [1.807, 2.05) is 0 Å². The second-order valence-electron chi connectivity index (χ2n) is 3.67. The van der Waals surface area contributed by atoms with E-state index in [2.05, 4.69) is 5.32 Å². The van der Waals surface area contributed by atoms with Crippen molar-refractivity contribution >= 4 is 23.2 Å². The molecule has 0 amide bonds. The molecule has 0 unspecified atom stereocenters. The standard InChI is InChI=1S/C10H17Cl2N/c11-7-10(12)8-13-6-5-9-3-1-2-4-9/h7,9,13H,1-6,8H2. The van der Waals surface area contributed by atoms with Gasteiger partial charge in [-0.1, -0.05) is 48.9 Å². The summed E-state index contributed by atoms with van der Waals surface area (Å²) in [5.74, 6) is 0.950. The lowest BCUT2D eigenvalue weighted by Crippen LogP contribution is -2.18. The van der Waals surface area contributed by atoms with E-state index in [0.29, 0.717) is 11.6 Å². The molecule has 0 spiro atoms. The molecule has 1 aliphatic carbocycles. The highest BCUT2D eigenvalue weighted by Gasteiger charge is 2.13. The molecule has 0 aliphatic heterocycles. The van der Waals surface area contributed by atoms with Crippen molar-refractivity contribution in [2.75, 3.05) is 13.1 Å². The maximum atomic E-state index is 5.73. The van der Waals surface area contributed by atoms with Gasteiger partial charge in [-0.05, 0) is 18.9 Å². The molecule has 13 heavy (non-hydrogen) atoms. The maximum absolute atomic E-state index is 5.73. The predicted octanol–water partition coefficient (Wildman–Crippen LogP) is 3.48. The number of rotatable bonds is 5. The molecular weight excluding hydrogens is 205 g/mol. The zero-order valence-electron chi connectivity index (χ0n) is 7.86. The minimum absolute atomic E-state index is 0.688. The van der Waals surface area contributed by atoms with E-state index in [-0.39, 0.29) is 0 Å². The van der Waals surface area contributed by atoms with Crippen LogP contribution in [0, 0.1) is 5.92 Å². The van der Waals surface area contributed by atoms with E-state index < -0.39 is 0 Å². The van der Waals surface area contributed by atoms with Crippen LogP contribution >= 0.6 is 23.2 Å². The SMILES string of the molecule is ClC=C(Cl)CNCCC1CCCC1. The highest BCUT2D eigenvalue weighted by atomic mass is 35.5. The Kier molecular flexibility index (Phi) is 5.85. The van der Waals surface area contributed by atoms with Gasteiger partial charge in [0.15, 0.2) is 0 Å². The summed E-state index contributed by atoms with van der Waals surface area (Å²) in [6, 6.07) is 0. The lowest BCUT2D eigenvalue weighted by atomic mass is 10.0. The Bertz CT molecular complexity index is 162. The molecule has 3 heteroatoms. The fourth-order valence-corrected chi connectivity index (χ4v) is 2.02. The van der Waals surface area contributed by atoms with Crippen molar-refractivity contribution in [3.05, 3.63) is 10.6 Å². The van der Waals surface area contributed by atoms with Crippen molar-refractivity contribution in [2.24, 2.45) is 5.92 Å². The smallest absolute Gasteiger partial charge is 0.0431 e. The normalized spacial score (nSPS) is 19.7. The molecule has 0 aromatic carbocycles. The zero-order valence-corrected chi connectivity index (χ0v) is 9.37. The van der Waals surface area contributed by atoms with E-state index in [1.54, 1.807) is 0 Å². The van der Waals surface area contributed by atoms with Gasteiger partial charge in [0.05, 0.1) is 0 Å².